The summed E-state index contributed by atoms with van der Waals surface area (Å²) in [6.07, 6.45) is 3.18. The molecule has 0 aliphatic carbocycles. The second-order valence-corrected chi connectivity index (χ2v) is 6.94. The summed E-state index contributed by atoms with van der Waals surface area (Å²) in [7, 11) is 0. The Bertz CT molecular complexity index is 627. The maximum atomic E-state index is 4.18. The molecule has 0 aliphatic heterocycles. The minimum Gasteiger partial charge on any atom is -1.00 e. The smallest absolute Gasteiger partial charge is 0.123 e. The lowest BCUT2D eigenvalue weighted by Gasteiger charge is -2.41. The van der Waals surface area contributed by atoms with E-state index in [0.717, 1.165) is 24.0 Å². The highest BCUT2D eigenvalue weighted by Crippen LogP contribution is 2.33. The van der Waals surface area contributed by atoms with Crippen LogP contribution in [0.4, 0.5) is 0 Å². The Morgan fingerprint density at radius 2 is 1.40 bits per heavy atom. The topological polar surface area (TPSA) is 0 Å². The van der Waals surface area contributed by atoms with E-state index in [1.807, 2.05) is 0 Å². The SMILES string of the molecule is C=C[N+](CC)(CC)C(Cc1ccccc1)c1ccc(C(C)C)cc1.[Cl-]. The molecular weight excluding hydrogens is 326 g/mol. The van der Waals surface area contributed by atoms with Gasteiger partial charge in [0.15, 0.2) is 0 Å². The standard InChI is InChI=1S/C23H32N.ClH/c1-6-24(7-2,8-3)23(18-20-12-10-9-11-13-20)22-16-14-21(15-17-22)19(4)5;/h6,9-17,19,23H,1,7-8,18H2,2-5H3;1H/q+1;/p-1. The molecule has 1 unspecified atom stereocenters. The van der Waals surface area contributed by atoms with Crippen molar-refractivity contribution in [2.75, 3.05) is 13.1 Å². The largest absolute Gasteiger partial charge is 1.00 e. The van der Waals surface area contributed by atoms with Gasteiger partial charge in [-0.25, -0.2) is 0 Å². The van der Waals surface area contributed by atoms with Crippen LogP contribution in [0.1, 0.15) is 56.3 Å². The first-order chi connectivity index (χ1) is 11.6. The summed E-state index contributed by atoms with van der Waals surface area (Å²) in [5, 5.41) is 0. The molecular formula is C23H32ClN. The van der Waals surface area contributed by atoms with Crippen LogP contribution in [-0.4, -0.2) is 17.6 Å². The van der Waals surface area contributed by atoms with E-state index >= 15 is 0 Å². The Balaban J connectivity index is 0.00000312. The second-order valence-electron chi connectivity index (χ2n) is 6.94. The molecule has 0 saturated heterocycles. The predicted octanol–water partition coefficient (Wildman–Crippen LogP) is 3.10. The first-order valence-electron chi connectivity index (χ1n) is 9.20. The van der Waals surface area contributed by atoms with Crippen molar-refractivity contribution in [3.05, 3.63) is 84.1 Å². The van der Waals surface area contributed by atoms with Crippen LogP contribution in [0.25, 0.3) is 0 Å². The highest BCUT2D eigenvalue weighted by atomic mass is 35.5. The molecule has 2 heteroatoms. The van der Waals surface area contributed by atoms with Gasteiger partial charge in [0.25, 0.3) is 0 Å². The fourth-order valence-corrected chi connectivity index (χ4v) is 3.59. The van der Waals surface area contributed by atoms with E-state index in [9.17, 15) is 0 Å². The zero-order chi connectivity index (χ0) is 17.6. The number of hydrogen-bond acceptors (Lipinski definition) is 0. The van der Waals surface area contributed by atoms with E-state index in [1.165, 1.54) is 16.7 Å². The number of likely N-dealkylation sites (N-methyl/N-ethyl adjacent to an activating group) is 1. The van der Waals surface area contributed by atoms with Crippen LogP contribution in [0.15, 0.2) is 67.4 Å². The predicted molar refractivity (Wildman–Crippen MR) is 105 cm³/mol. The quantitative estimate of drug-likeness (QED) is 0.637. The molecule has 0 spiro atoms. The van der Waals surface area contributed by atoms with Gasteiger partial charge < -0.3 is 12.4 Å². The normalized spacial score (nSPS) is 12.5. The summed E-state index contributed by atoms with van der Waals surface area (Å²) in [5.74, 6) is 0.572. The lowest BCUT2D eigenvalue weighted by Crippen LogP contribution is -3.00. The van der Waals surface area contributed by atoms with Crippen molar-refractivity contribution < 1.29 is 16.9 Å². The van der Waals surface area contributed by atoms with Crippen molar-refractivity contribution in [2.24, 2.45) is 0 Å². The minimum atomic E-state index is 0. The molecule has 1 atom stereocenters. The highest BCUT2D eigenvalue weighted by molar-refractivity contribution is 5.28. The van der Waals surface area contributed by atoms with Crippen LogP contribution < -0.4 is 12.4 Å². The van der Waals surface area contributed by atoms with Crippen LogP contribution >= 0.6 is 0 Å². The van der Waals surface area contributed by atoms with Crippen LogP contribution in [0.2, 0.25) is 0 Å². The molecule has 0 bridgehead atoms. The fourth-order valence-electron chi connectivity index (χ4n) is 3.59. The Kier molecular flexibility index (Phi) is 8.41. The van der Waals surface area contributed by atoms with E-state index in [1.54, 1.807) is 0 Å². The van der Waals surface area contributed by atoms with Gasteiger partial charge in [-0.2, -0.15) is 0 Å². The Morgan fingerprint density at radius 3 is 1.84 bits per heavy atom. The number of benzene rings is 2. The van der Waals surface area contributed by atoms with Gasteiger partial charge in [0.1, 0.15) is 6.04 Å². The third kappa shape index (κ3) is 4.96. The van der Waals surface area contributed by atoms with Crippen molar-refractivity contribution in [3.63, 3.8) is 0 Å². The van der Waals surface area contributed by atoms with Crippen molar-refractivity contribution in [2.45, 2.75) is 46.1 Å². The summed E-state index contributed by atoms with van der Waals surface area (Å²) in [6.45, 7) is 15.3. The van der Waals surface area contributed by atoms with Gasteiger partial charge in [0, 0.05) is 12.0 Å². The van der Waals surface area contributed by atoms with Gasteiger partial charge in [-0.3, -0.25) is 4.48 Å². The molecule has 136 valence electrons. The maximum Gasteiger partial charge on any atom is 0.123 e. The zero-order valence-electron chi connectivity index (χ0n) is 16.1. The van der Waals surface area contributed by atoms with E-state index in [0.29, 0.717) is 12.0 Å². The highest BCUT2D eigenvalue weighted by Gasteiger charge is 2.33. The Morgan fingerprint density at radius 1 is 0.880 bits per heavy atom. The third-order valence-electron chi connectivity index (χ3n) is 5.42. The number of quaternary nitrogens is 1. The van der Waals surface area contributed by atoms with Gasteiger partial charge in [-0.05, 0) is 37.5 Å². The minimum absolute atomic E-state index is 0. The van der Waals surface area contributed by atoms with Gasteiger partial charge in [-0.15, -0.1) is 0 Å². The van der Waals surface area contributed by atoms with E-state index < -0.39 is 0 Å². The van der Waals surface area contributed by atoms with E-state index in [2.05, 4.69) is 95.1 Å². The van der Waals surface area contributed by atoms with Gasteiger partial charge in [-0.1, -0.05) is 68.4 Å². The molecule has 25 heavy (non-hydrogen) atoms. The van der Waals surface area contributed by atoms with Gasteiger partial charge in [0.05, 0.1) is 19.3 Å². The van der Waals surface area contributed by atoms with Crippen LogP contribution in [-0.2, 0) is 6.42 Å². The molecule has 0 heterocycles. The monoisotopic (exact) mass is 357 g/mol. The zero-order valence-corrected chi connectivity index (χ0v) is 16.8. The summed E-state index contributed by atoms with van der Waals surface area (Å²) in [4.78, 5) is 0. The van der Waals surface area contributed by atoms with Gasteiger partial charge in [0.2, 0.25) is 0 Å². The van der Waals surface area contributed by atoms with Crippen LogP contribution in [0.3, 0.4) is 0 Å². The molecule has 0 amide bonds. The maximum absolute atomic E-state index is 4.18. The van der Waals surface area contributed by atoms with Crippen molar-refractivity contribution >= 4 is 0 Å². The van der Waals surface area contributed by atoms with E-state index in [-0.39, 0.29) is 12.4 Å². The lowest BCUT2D eigenvalue weighted by atomic mass is 9.93. The fraction of sp³-hybridized carbons (Fsp3) is 0.391. The van der Waals surface area contributed by atoms with Crippen molar-refractivity contribution in [3.8, 4) is 0 Å². The molecule has 0 N–H and O–H groups in total. The van der Waals surface area contributed by atoms with Gasteiger partial charge >= 0.3 is 0 Å². The molecule has 2 rings (SSSR count). The molecule has 2 aromatic carbocycles. The number of rotatable bonds is 8. The molecule has 0 aromatic heterocycles. The molecule has 0 radical (unpaired) electrons. The van der Waals surface area contributed by atoms with Crippen LogP contribution in [0, 0.1) is 0 Å². The average Bonchev–Trinajstić information content (AvgIpc) is 2.63. The molecule has 0 aliphatic rings. The van der Waals surface area contributed by atoms with Crippen molar-refractivity contribution in [1.82, 2.24) is 0 Å². The van der Waals surface area contributed by atoms with Crippen molar-refractivity contribution in [1.29, 1.82) is 0 Å². The summed E-state index contributed by atoms with van der Waals surface area (Å²) in [5.41, 5.74) is 4.20. The molecule has 0 saturated carbocycles. The first kappa shape index (κ1) is 21.5. The van der Waals surface area contributed by atoms with E-state index in [4.69, 9.17) is 0 Å². The lowest BCUT2D eigenvalue weighted by molar-refractivity contribution is -0.906. The van der Waals surface area contributed by atoms with Crippen LogP contribution in [0.5, 0.6) is 0 Å². The number of halogens is 1. The molecule has 1 nitrogen and oxygen atoms in total. The number of hydrogen-bond donors (Lipinski definition) is 0. The first-order valence-corrected chi connectivity index (χ1v) is 9.20. The summed E-state index contributed by atoms with van der Waals surface area (Å²) in [6, 6.07) is 20.5. The third-order valence-corrected chi connectivity index (χ3v) is 5.42. The summed E-state index contributed by atoms with van der Waals surface area (Å²) >= 11 is 0. The number of nitrogens with zero attached hydrogens (tertiary/aromatic N) is 1. The Hall–Kier alpha value is -1.57. The summed E-state index contributed by atoms with van der Waals surface area (Å²) < 4.78 is 0.913. The average molecular weight is 358 g/mol. The molecule has 2 aromatic rings. The Labute approximate surface area is 160 Å². The molecule has 0 fully saturated rings. The second kappa shape index (κ2) is 9.79.